The molecule has 0 atom stereocenters. The largest absolute Gasteiger partial charge is 0.483 e. The van der Waals surface area contributed by atoms with Crippen LogP contribution in [-0.4, -0.2) is 90.0 Å². The first kappa shape index (κ1) is 35.3. The minimum Gasteiger partial charge on any atom is -0.483 e. The zero-order chi connectivity index (χ0) is 35.1. The molecule has 1 aliphatic rings. The van der Waals surface area contributed by atoms with E-state index in [1.165, 1.54) is 34.9 Å². The number of piperidine rings is 1. The minimum absolute atomic E-state index is 0.112. The second kappa shape index (κ2) is 14.9. The standard InChI is InChI=1S/C29H31F3N10O3.CH2O2/c1-3-18-14-19(4-5-20(18)27(44)37-16-23(43)40(2)28(45)6-9-34-10-7-28)38-25-26-36-15-22(42(26)13-11-35-25)21-17-41(12-8-33)39-24(21)29(30,31)32;2-1-3/h4-5,11,13-15,17,34,45H,3,6-7,9-10,12,16H2,1-2H3,(H,35,38)(H,37,44);1H,(H,2,3). The number of aryl methyl sites for hydroxylation is 1. The van der Waals surface area contributed by atoms with E-state index in [0.717, 1.165) is 10.9 Å². The molecule has 0 unspecified atom stereocenters. The number of imidazole rings is 1. The first-order chi connectivity index (χ1) is 22.9. The third kappa shape index (κ3) is 7.70. The molecule has 48 heavy (non-hydrogen) atoms. The first-order valence-corrected chi connectivity index (χ1v) is 14.7. The Morgan fingerprint density at radius 1 is 1.25 bits per heavy atom. The monoisotopic (exact) mass is 670 g/mol. The summed E-state index contributed by atoms with van der Waals surface area (Å²) in [5.41, 5.74) is -0.694. The van der Waals surface area contributed by atoms with Gasteiger partial charge in [0, 0.05) is 49.7 Å². The maximum atomic E-state index is 13.8. The fourth-order valence-electron chi connectivity index (χ4n) is 5.26. The van der Waals surface area contributed by atoms with Crippen LogP contribution in [0.25, 0.3) is 16.9 Å². The van der Waals surface area contributed by atoms with Gasteiger partial charge in [0.25, 0.3) is 12.4 Å². The summed E-state index contributed by atoms with van der Waals surface area (Å²) in [6.45, 7) is 2.15. The van der Waals surface area contributed by atoms with E-state index >= 15 is 0 Å². The van der Waals surface area contributed by atoms with Crippen molar-refractivity contribution in [1.29, 1.82) is 5.26 Å². The van der Waals surface area contributed by atoms with Gasteiger partial charge < -0.3 is 31.1 Å². The van der Waals surface area contributed by atoms with Crippen molar-refractivity contribution in [3.63, 3.8) is 0 Å². The predicted molar refractivity (Wildman–Crippen MR) is 165 cm³/mol. The topological polar surface area (TPSA) is 203 Å². The predicted octanol–water partition coefficient (Wildman–Crippen LogP) is 2.40. The average molecular weight is 671 g/mol. The molecule has 2 amide bonds. The van der Waals surface area contributed by atoms with Crippen LogP contribution in [0.4, 0.5) is 24.7 Å². The lowest BCUT2D eigenvalue weighted by Gasteiger charge is -2.40. The number of nitrogens with one attached hydrogen (secondary N) is 3. The molecule has 1 fully saturated rings. The zero-order valence-electron chi connectivity index (χ0n) is 26.0. The van der Waals surface area contributed by atoms with Gasteiger partial charge in [0.2, 0.25) is 5.91 Å². The number of nitrogens with zero attached hydrogens (tertiary/aromatic N) is 7. The van der Waals surface area contributed by atoms with Crippen molar-refractivity contribution >= 4 is 35.4 Å². The lowest BCUT2D eigenvalue weighted by molar-refractivity contribution is -0.159. The number of carbonyl (C=O) groups excluding carboxylic acids is 2. The number of likely N-dealkylation sites (N-methyl/N-ethyl adjacent to an activating group) is 1. The lowest BCUT2D eigenvalue weighted by Crippen LogP contribution is -2.56. The van der Waals surface area contributed by atoms with Crippen LogP contribution in [-0.2, 0) is 28.7 Å². The molecule has 1 aromatic carbocycles. The lowest BCUT2D eigenvalue weighted by atomic mass is 10.0. The summed E-state index contributed by atoms with van der Waals surface area (Å²) < 4.78 is 43.7. The second-order valence-electron chi connectivity index (χ2n) is 10.7. The number of aliphatic hydroxyl groups is 1. The maximum absolute atomic E-state index is 13.8. The Kier molecular flexibility index (Phi) is 11.0. The van der Waals surface area contributed by atoms with Crippen molar-refractivity contribution in [2.45, 2.75) is 44.6 Å². The fraction of sp³-hybridized carbons (Fsp3) is 0.367. The molecule has 18 heteroatoms. The molecule has 4 heterocycles. The molecule has 15 nitrogen and oxygen atoms in total. The van der Waals surface area contributed by atoms with Gasteiger partial charge in [0.1, 0.15) is 12.3 Å². The van der Waals surface area contributed by atoms with Gasteiger partial charge in [0.05, 0.1) is 30.1 Å². The molecule has 4 aromatic rings. The summed E-state index contributed by atoms with van der Waals surface area (Å²) in [4.78, 5) is 44.0. The Bertz CT molecular complexity index is 1830. The molecule has 0 spiro atoms. The van der Waals surface area contributed by atoms with Gasteiger partial charge in [-0.15, -0.1) is 0 Å². The summed E-state index contributed by atoms with van der Waals surface area (Å²) in [6.07, 6.45) is 1.82. The third-order valence-electron chi connectivity index (χ3n) is 7.76. The number of benzene rings is 1. The molecule has 5 rings (SSSR count). The summed E-state index contributed by atoms with van der Waals surface area (Å²) in [5.74, 6) is -0.611. The second-order valence-corrected chi connectivity index (χ2v) is 10.7. The van der Waals surface area contributed by atoms with E-state index in [1.54, 1.807) is 24.3 Å². The molecular formula is C30H33F3N10O5. The highest BCUT2D eigenvalue weighted by Gasteiger charge is 2.39. The van der Waals surface area contributed by atoms with E-state index < -0.39 is 29.4 Å². The number of carbonyl (C=O) groups is 3. The number of amides is 2. The van der Waals surface area contributed by atoms with Crippen molar-refractivity contribution < 1.29 is 37.8 Å². The smallest absolute Gasteiger partial charge is 0.435 e. The van der Waals surface area contributed by atoms with Crippen LogP contribution in [0.2, 0.25) is 0 Å². The Balaban J connectivity index is 0.00000167. The minimum atomic E-state index is -4.75. The van der Waals surface area contributed by atoms with E-state index in [9.17, 15) is 27.9 Å². The number of hydrogen-bond donors (Lipinski definition) is 5. The van der Waals surface area contributed by atoms with Crippen molar-refractivity contribution in [3.8, 4) is 17.3 Å². The number of aromatic nitrogens is 5. The quantitative estimate of drug-likeness (QED) is 0.129. The molecule has 5 N–H and O–H groups in total. The van der Waals surface area contributed by atoms with Gasteiger partial charge in [-0.2, -0.15) is 23.5 Å². The summed E-state index contributed by atoms with van der Waals surface area (Å²) in [6, 6.07) is 6.76. The van der Waals surface area contributed by atoms with Gasteiger partial charge >= 0.3 is 6.18 Å². The average Bonchev–Trinajstić information content (AvgIpc) is 3.69. The molecule has 1 aliphatic heterocycles. The Labute approximate surface area is 272 Å². The summed E-state index contributed by atoms with van der Waals surface area (Å²) in [5, 5.41) is 39.1. The zero-order valence-corrected chi connectivity index (χ0v) is 26.0. The summed E-state index contributed by atoms with van der Waals surface area (Å²) >= 11 is 0. The van der Waals surface area contributed by atoms with Crippen LogP contribution in [0.3, 0.4) is 0 Å². The number of rotatable bonds is 9. The Morgan fingerprint density at radius 2 is 1.96 bits per heavy atom. The van der Waals surface area contributed by atoms with E-state index in [4.69, 9.17) is 15.2 Å². The number of fused-ring (bicyclic) bond motifs is 1. The van der Waals surface area contributed by atoms with Gasteiger partial charge in [-0.3, -0.25) is 23.5 Å². The highest BCUT2D eigenvalue weighted by molar-refractivity contribution is 5.98. The van der Waals surface area contributed by atoms with Crippen LogP contribution in [0.5, 0.6) is 0 Å². The normalized spacial score (nSPS) is 13.9. The third-order valence-corrected chi connectivity index (χ3v) is 7.76. The fourth-order valence-corrected chi connectivity index (χ4v) is 5.26. The van der Waals surface area contributed by atoms with E-state index in [1.807, 2.05) is 6.92 Å². The number of halogens is 3. The van der Waals surface area contributed by atoms with Crippen molar-refractivity contribution in [1.82, 2.24) is 39.7 Å². The van der Waals surface area contributed by atoms with E-state index in [-0.39, 0.29) is 42.3 Å². The van der Waals surface area contributed by atoms with Gasteiger partial charge in [-0.25, -0.2) is 9.97 Å². The van der Waals surface area contributed by atoms with E-state index in [0.29, 0.717) is 49.2 Å². The number of hydrogen-bond acceptors (Lipinski definition) is 10. The molecule has 254 valence electrons. The SMILES string of the molecule is CCc1cc(Nc2nccn3c(-c4cn(CC#N)nc4C(F)(F)F)cnc23)ccc1C(=O)NCC(=O)N(C)C1(O)CCNCC1.O=CO. The van der Waals surface area contributed by atoms with Crippen LogP contribution in [0.15, 0.2) is 43.0 Å². The van der Waals surface area contributed by atoms with Gasteiger partial charge in [-0.1, -0.05) is 6.92 Å². The van der Waals surface area contributed by atoms with Gasteiger partial charge in [-0.05, 0) is 43.3 Å². The van der Waals surface area contributed by atoms with Crippen molar-refractivity contribution in [3.05, 3.63) is 59.8 Å². The van der Waals surface area contributed by atoms with Crippen LogP contribution < -0.4 is 16.0 Å². The number of nitriles is 1. The molecule has 1 saturated heterocycles. The highest BCUT2D eigenvalue weighted by Crippen LogP contribution is 2.37. The number of carboxylic acid groups (broad SMARTS) is 1. The van der Waals surface area contributed by atoms with Crippen molar-refractivity contribution in [2.75, 3.05) is 32.0 Å². The Hall–Kier alpha value is -5.54. The van der Waals surface area contributed by atoms with Crippen LogP contribution in [0, 0.1) is 11.3 Å². The summed E-state index contributed by atoms with van der Waals surface area (Å²) in [7, 11) is 1.52. The maximum Gasteiger partial charge on any atom is 0.435 e. The molecule has 0 saturated carbocycles. The van der Waals surface area contributed by atoms with E-state index in [2.05, 4.69) is 31.0 Å². The molecule has 3 aromatic heterocycles. The number of alkyl halides is 3. The Morgan fingerprint density at radius 3 is 2.60 bits per heavy atom. The van der Waals surface area contributed by atoms with Crippen molar-refractivity contribution in [2.24, 2.45) is 0 Å². The molecular weight excluding hydrogens is 637 g/mol. The highest BCUT2D eigenvalue weighted by atomic mass is 19.4. The van der Waals surface area contributed by atoms with Crippen LogP contribution in [0.1, 0.15) is 41.4 Å². The first-order valence-electron chi connectivity index (χ1n) is 14.7. The van der Waals surface area contributed by atoms with Crippen LogP contribution >= 0.6 is 0 Å². The molecule has 0 aliphatic carbocycles. The number of anilines is 2. The molecule has 0 bridgehead atoms. The molecule has 0 radical (unpaired) electrons. The van der Waals surface area contributed by atoms with Gasteiger partial charge in [0.15, 0.2) is 17.2 Å².